The van der Waals surface area contributed by atoms with E-state index in [0.717, 1.165) is 21.3 Å². The summed E-state index contributed by atoms with van der Waals surface area (Å²) in [4.78, 5) is 1.40. The topological polar surface area (TPSA) is 12.0 Å². The van der Waals surface area contributed by atoms with Crippen molar-refractivity contribution in [3.05, 3.63) is 19.8 Å². The lowest BCUT2D eigenvalue weighted by Gasteiger charge is -2.29. The second kappa shape index (κ2) is 8.77. The minimum absolute atomic E-state index is 0.488. The first-order valence-electron chi connectivity index (χ1n) is 7.90. The van der Waals surface area contributed by atoms with E-state index >= 15 is 0 Å². The molecule has 1 N–H and O–H groups in total. The van der Waals surface area contributed by atoms with Gasteiger partial charge in [-0.25, -0.2) is 0 Å². The van der Waals surface area contributed by atoms with Crippen LogP contribution in [0.3, 0.4) is 0 Å². The van der Waals surface area contributed by atoms with Crippen LogP contribution in [-0.4, -0.2) is 6.54 Å². The number of nitrogens with one attached hydrogen (secondary N) is 1. The maximum atomic E-state index is 6.25. The summed E-state index contributed by atoms with van der Waals surface area (Å²) in [5, 5.41) is 3.78. The molecular weight excluding hydrogens is 354 g/mol. The molecular formula is C16H25BrClNS. The SMILES string of the molecule is CCCNC(c1cc(Br)c(Cl)s1)C1CCCCCCC1. The van der Waals surface area contributed by atoms with Crippen molar-refractivity contribution in [3.63, 3.8) is 0 Å². The van der Waals surface area contributed by atoms with Crippen molar-refractivity contribution in [1.82, 2.24) is 5.32 Å². The molecule has 0 bridgehead atoms. The van der Waals surface area contributed by atoms with Crippen LogP contribution < -0.4 is 5.32 Å². The summed E-state index contributed by atoms with van der Waals surface area (Å²) in [6.07, 6.45) is 10.9. The van der Waals surface area contributed by atoms with Gasteiger partial charge in [0.2, 0.25) is 0 Å². The predicted octanol–water partition coefficient (Wildman–Crippen LogP) is 6.57. The summed E-state index contributed by atoms with van der Waals surface area (Å²) in [6, 6.07) is 2.71. The molecule has 0 saturated heterocycles. The Balaban J connectivity index is 2.12. The van der Waals surface area contributed by atoms with Crippen molar-refractivity contribution in [2.75, 3.05) is 6.54 Å². The van der Waals surface area contributed by atoms with Gasteiger partial charge in [-0.05, 0) is 53.7 Å². The Labute approximate surface area is 140 Å². The van der Waals surface area contributed by atoms with E-state index in [9.17, 15) is 0 Å². The molecule has 1 fully saturated rings. The largest absolute Gasteiger partial charge is 0.309 e. The van der Waals surface area contributed by atoms with Crippen LogP contribution in [-0.2, 0) is 0 Å². The van der Waals surface area contributed by atoms with E-state index in [1.807, 2.05) is 0 Å². The normalized spacial score (nSPS) is 19.6. The zero-order chi connectivity index (χ0) is 14.4. The van der Waals surface area contributed by atoms with E-state index in [1.165, 1.54) is 56.2 Å². The van der Waals surface area contributed by atoms with Crippen molar-refractivity contribution in [3.8, 4) is 0 Å². The van der Waals surface area contributed by atoms with Crippen LogP contribution in [0.4, 0.5) is 0 Å². The van der Waals surface area contributed by atoms with Gasteiger partial charge in [-0.2, -0.15) is 0 Å². The molecule has 1 aliphatic carbocycles. The number of hydrogen-bond donors (Lipinski definition) is 1. The molecule has 4 heteroatoms. The summed E-state index contributed by atoms with van der Waals surface area (Å²) in [6.45, 7) is 3.33. The monoisotopic (exact) mass is 377 g/mol. The van der Waals surface area contributed by atoms with E-state index in [-0.39, 0.29) is 0 Å². The Bertz CT molecular complexity index is 380. The Morgan fingerprint density at radius 1 is 1.30 bits per heavy atom. The Hall–Kier alpha value is 0.430. The lowest BCUT2D eigenvalue weighted by Crippen LogP contribution is -2.29. The van der Waals surface area contributed by atoms with Crippen molar-refractivity contribution >= 4 is 38.9 Å². The maximum absolute atomic E-state index is 6.25. The fourth-order valence-corrected chi connectivity index (χ4v) is 5.04. The van der Waals surface area contributed by atoms with Crippen LogP contribution in [0.15, 0.2) is 10.5 Å². The molecule has 1 aliphatic rings. The fourth-order valence-electron chi connectivity index (χ4n) is 3.14. The van der Waals surface area contributed by atoms with Crippen molar-refractivity contribution in [2.24, 2.45) is 5.92 Å². The second-order valence-corrected chi connectivity index (χ2v) is 8.35. The molecule has 1 saturated carbocycles. The molecule has 20 heavy (non-hydrogen) atoms. The van der Waals surface area contributed by atoms with Gasteiger partial charge in [-0.15, -0.1) is 11.3 Å². The minimum atomic E-state index is 0.488. The number of hydrogen-bond acceptors (Lipinski definition) is 2. The highest BCUT2D eigenvalue weighted by Gasteiger charge is 2.25. The van der Waals surface area contributed by atoms with Crippen LogP contribution >= 0.6 is 38.9 Å². The van der Waals surface area contributed by atoms with E-state index in [1.54, 1.807) is 11.3 Å². The van der Waals surface area contributed by atoms with E-state index in [2.05, 4.69) is 34.2 Å². The lowest BCUT2D eigenvalue weighted by atomic mass is 9.85. The van der Waals surface area contributed by atoms with Crippen molar-refractivity contribution in [2.45, 2.75) is 64.3 Å². The highest BCUT2D eigenvalue weighted by molar-refractivity contribution is 9.10. The standard InChI is InChI=1S/C16H25BrClNS/c1-2-10-19-15(14-11-13(17)16(18)20-14)12-8-6-4-3-5-7-9-12/h11-12,15,19H,2-10H2,1H3. The van der Waals surface area contributed by atoms with Crippen LogP contribution in [0.2, 0.25) is 4.34 Å². The summed E-state index contributed by atoms with van der Waals surface area (Å²) in [5.74, 6) is 0.767. The molecule has 0 radical (unpaired) electrons. The molecule has 1 nitrogen and oxygen atoms in total. The summed E-state index contributed by atoms with van der Waals surface area (Å²) in [5.41, 5.74) is 0. The molecule has 1 aromatic heterocycles. The Kier molecular flexibility index (Phi) is 7.37. The third kappa shape index (κ3) is 4.72. The molecule has 1 heterocycles. The fraction of sp³-hybridized carbons (Fsp3) is 0.750. The number of halogens is 2. The molecule has 1 atom stereocenters. The first kappa shape index (κ1) is 16.8. The van der Waals surface area contributed by atoms with Gasteiger partial charge in [0.1, 0.15) is 4.34 Å². The molecule has 0 aliphatic heterocycles. The first-order valence-corrected chi connectivity index (χ1v) is 9.89. The highest BCUT2D eigenvalue weighted by Crippen LogP contribution is 2.40. The van der Waals surface area contributed by atoms with Gasteiger partial charge in [0.05, 0.1) is 0 Å². The number of rotatable bonds is 5. The van der Waals surface area contributed by atoms with E-state index in [0.29, 0.717) is 6.04 Å². The molecule has 0 amide bonds. The third-order valence-electron chi connectivity index (χ3n) is 4.21. The summed E-state index contributed by atoms with van der Waals surface area (Å²) >= 11 is 11.5. The Morgan fingerprint density at radius 2 is 1.95 bits per heavy atom. The zero-order valence-corrected chi connectivity index (χ0v) is 15.4. The highest BCUT2D eigenvalue weighted by atomic mass is 79.9. The summed E-state index contributed by atoms with van der Waals surface area (Å²) < 4.78 is 1.93. The quantitative estimate of drug-likeness (QED) is 0.611. The molecule has 2 rings (SSSR count). The van der Waals surface area contributed by atoms with Crippen LogP contribution in [0.5, 0.6) is 0 Å². The molecule has 0 aromatic carbocycles. The summed E-state index contributed by atoms with van der Waals surface area (Å²) in [7, 11) is 0. The first-order chi connectivity index (χ1) is 9.72. The average molecular weight is 379 g/mol. The lowest BCUT2D eigenvalue weighted by molar-refractivity contribution is 0.291. The second-order valence-electron chi connectivity index (χ2n) is 5.81. The van der Waals surface area contributed by atoms with Gasteiger partial charge >= 0.3 is 0 Å². The predicted molar refractivity (Wildman–Crippen MR) is 93.9 cm³/mol. The van der Waals surface area contributed by atoms with Gasteiger partial charge < -0.3 is 5.32 Å². The van der Waals surface area contributed by atoms with E-state index in [4.69, 9.17) is 11.6 Å². The van der Waals surface area contributed by atoms with E-state index < -0.39 is 0 Å². The molecule has 0 spiro atoms. The van der Waals surface area contributed by atoms with Gasteiger partial charge in [-0.1, -0.05) is 50.6 Å². The number of thiophene rings is 1. The van der Waals surface area contributed by atoms with Gasteiger partial charge in [-0.3, -0.25) is 0 Å². The van der Waals surface area contributed by atoms with Gasteiger partial charge in [0.25, 0.3) is 0 Å². The average Bonchev–Trinajstić information content (AvgIpc) is 2.71. The van der Waals surface area contributed by atoms with Crippen LogP contribution in [0.1, 0.15) is 69.2 Å². The van der Waals surface area contributed by atoms with Crippen molar-refractivity contribution < 1.29 is 0 Å². The zero-order valence-electron chi connectivity index (χ0n) is 12.3. The van der Waals surface area contributed by atoms with Gasteiger partial charge in [0.15, 0.2) is 0 Å². The Morgan fingerprint density at radius 3 is 2.50 bits per heavy atom. The van der Waals surface area contributed by atoms with Crippen LogP contribution in [0.25, 0.3) is 0 Å². The van der Waals surface area contributed by atoms with Crippen molar-refractivity contribution in [1.29, 1.82) is 0 Å². The van der Waals surface area contributed by atoms with Crippen LogP contribution in [0, 0.1) is 5.92 Å². The molecule has 114 valence electrons. The smallest absolute Gasteiger partial charge is 0.107 e. The maximum Gasteiger partial charge on any atom is 0.107 e. The molecule has 1 aromatic rings. The van der Waals surface area contributed by atoms with Gasteiger partial charge in [0, 0.05) is 15.4 Å². The third-order valence-corrected chi connectivity index (χ3v) is 6.76. The molecule has 1 unspecified atom stereocenters. The minimum Gasteiger partial charge on any atom is -0.309 e.